The minimum atomic E-state index is -1.19. The molecule has 0 spiro atoms. The molecule has 0 fully saturated rings. The van der Waals surface area contributed by atoms with Crippen LogP contribution in [0.3, 0.4) is 0 Å². The monoisotopic (exact) mass is 298 g/mol. The number of aromatic carboxylic acids is 1. The summed E-state index contributed by atoms with van der Waals surface area (Å²) in [6.07, 6.45) is 0. The predicted molar refractivity (Wildman–Crippen MR) is 70.9 cm³/mol. The Morgan fingerprint density at radius 3 is 2.80 bits per heavy atom. The van der Waals surface area contributed by atoms with E-state index < -0.39 is 5.97 Å². The average Bonchev–Trinajstić information content (AvgIpc) is 2.67. The number of rotatable bonds is 4. The number of carboxylic acids is 1. The number of carbonyl (C=O) groups is 1. The average molecular weight is 299 g/mol. The molecule has 7 heteroatoms. The van der Waals surface area contributed by atoms with Crippen LogP contribution in [0.1, 0.15) is 21.6 Å². The summed E-state index contributed by atoms with van der Waals surface area (Å²) in [5.74, 6) is -1.57. The number of benzene rings is 1. The van der Waals surface area contributed by atoms with Gasteiger partial charge < -0.3 is 9.84 Å². The van der Waals surface area contributed by atoms with Crippen LogP contribution in [0.4, 0.5) is 4.39 Å². The number of aromatic nitrogens is 2. The molecule has 0 unspecified atom stereocenters. The topological polar surface area (TPSA) is 64.4 Å². The van der Waals surface area contributed by atoms with Crippen LogP contribution in [0.2, 0.25) is 5.15 Å². The van der Waals surface area contributed by atoms with Gasteiger partial charge in [0.15, 0.2) is 0 Å². The third kappa shape index (κ3) is 2.52. The molecule has 0 bridgehead atoms. The van der Waals surface area contributed by atoms with Gasteiger partial charge in [-0.3, -0.25) is 0 Å². The fraction of sp³-hybridized carbons (Fsp3) is 0.231. The van der Waals surface area contributed by atoms with Crippen molar-refractivity contribution in [2.75, 3.05) is 7.11 Å². The van der Waals surface area contributed by atoms with Crippen LogP contribution in [0, 0.1) is 12.7 Å². The van der Waals surface area contributed by atoms with E-state index in [1.54, 1.807) is 6.92 Å². The molecule has 0 aliphatic rings. The normalized spacial score (nSPS) is 10.8. The molecular weight excluding hydrogens is 287 g/mol. The highest BCUT2D eigenvalue weighted by molar-refractivity contribution is 6.33. The zero-order valence-corrected chi connectivity index (χ0v) is 11.6. The Morgan fingerprint density at radius 2 is 2.25 bits per heavy atom. The molecule has 1 heterocycles. The first-order valence-corrected chi connectivity index (χ1v) is 6.09. The summed E-state index contributed by atoms with van der Waals surface area (Å²) in [6, 6.07) is 4.08. The first-order valence-electron chi connectivity index (χ1n) is 5.72. The Bertz CT molecular complexity index is 670. The summed E-state index contributed by atoms with van der Waals surface area (Å²) >= 11 is 6.08. The summed E-state index contributed by atoms with van der Waals surface area (Å²) in [7, 11) is 1.43. The van der Waals surface area contributed by atoms with Gasteiger partial charge in [0.05, 0.1) is 12.3 Å². The fourth-order valence-corrected chi connectivity index (χ4v) is 2.22. The van der Waals surface area contributed by atoms with Crippen LogP contribution < -0.4 is 0 Å². The molecule has 0 aliphatic heterocycles. The Morgan fingerprint density at radius 1 is 1.55 bits per heavy atom. The number of methoxy groups -OCH3 is 1. The van der Waals surface area contributed by atoms with Gasteiger partial charge in [-0.15, -0.1) is 0 Å². The molecule has 1 N–H and O–H groups in total. The molecule has 1 aromatic heterocycles. The Hall–Kier alpha value is -1.92. The molecule has 0 amide bonds. The lowest BCUT2D eigenvalue weighted by Crippen LogP contribution is -2.01. The van der Waals surface area contributed by atoms with Crippen molar-refractivity contribution in [2.45, 2.75) is 13.5 Å². The van der Waals surface area contributed by atoms with Gasteiger partial charge in [0.2, 0.25) is 0 Å². The molecule has 0 saturated heterocycles. The summed E-state index contributed by atoms with van der Waals surface area (Å²) in [6.45, 7) is 1.71. The van der Waals surface area contributed by atoms with Crippen LogP contribution in [-0.2, 0) is 11.3 Å². The molecule has 0 radical (unpaired) electrons. The van der Waals surface area contributed by atoms with Gasteiger partial charge in [0.25, 0.3) is 0 Å². The second-order valence-electron chi connectivity index (χ2n) is 4.19. The molecular formula is C13H12ClFN2O3. The van der Waals surface area contributed by atoms with Gasteiger partial charge in [-0.25, -0.2) is 13.9 Å². The van der Waals surface area contributed by atoms with E-state index in [2.05, 4.69) is 5.10 Å². The van der Waals surface area contributed by atoms with Crippen molar-refractivity contribution in [3.05, 3.63) is 46.0 Å². The second kappa shape index (κ2) is 5.60. The standard InChI is InChI=1S/C13H12ClFN2O3/c1-7-5-8(15)3-4-10(7)17-12(14)11(13(18)19)9(16-17)6-20-2/h3-5H,6H2,1-2H3,(H,18,19). The van der Waals surface area contributed by atoms with E-state index in [0.717, 1.165) is 0 Å². The first kappa shape index (κ1) is 14.5. The highest BCUT2D eigenvalue weighted by Crippen LogP contribution is 2.26. The van der Waals surface area contributed by atoms with Gasteiger partial charge in [-0.05, 0) is 30.7 Å². The molecule has 2 rings (SSSR count). The lowest BCUT2D eigenvalue weighted by atomic mass is 10.2. The number of hydrogen-bond donors (Lipinski definition) is 1. The zero-order valence-electron chi connectivity index (χ0n) is 10.9. The van der Waals surface area contributed by atoms with Crippen molar-refractivity contribution in [3.63, 3.8) is 0 Å². The summed E-state index contributed by atoms with van der Waals surface area (Å²) in [5, 5.41) is 13.3. The molecule has 0 aliphatic carbocycles. The Kier molecular flexibility index (Phi) is 4.06. The quantitative estimate of drug-likeness (QED) is 0.942. The van der Waals surface area contributed by atoms with Crippen molar-refractivity contribution >= 4 is 17.6 Å². The number of nitrogens with zero attached hydrogens (tertiary/aromatic N) is 2. The number of aryl methyl sites for hydroxylation is 1. The Balaban J connectivity index is 2.63. The van der Waals surface area contributed by atoms with E-state index in [-0.39, 0.29) is 28.8 Å². The predicted octanol–water partition coefficient (Wildman–Crippen LogP) is 2.82. The Labute approximate surface area is 119 Å². The SMILES string of the molecule is COCc1nn(-c2ccc(F)cc2C)c(Cl)c1C(=O)O. The van der Waals surface area contributed by atoms with Gasteiger partial charge in [0.1, 0.15) is 22.2 Å². The van der Waals surface area contributed by atoms with Gasteiger partial charge in [-0.2, -0.15) is 5.10 Å². The summed E-state index contributed by atoms with van der Waals surface area (Å²) in [4.78, 5) is 11.2. The number of halogens is 2. The van der Waals surface area contributed by atoms with E-state index in [1.807, 2.05) is 0 Å². The van der Waals surface area contributed by atoms with Crippen molar-refractivity contribution in [2.24, 2.45) is 0 Å². The number of carboxylic acid groups (broad SMARTS) is 1. The van der Waals surface area contributed by atoms with Crippen molar-refractivity contribution in [3.8, 4) is 5.69 Å². The fourth-order valence-electron chi connectivity index (χ4n) is 1.91. The van der Waals surface area contributed by atoms with Gasteiger partial charge in [0, 0.05) is 7.11 Å². The zero-order chi connectivity index (χ0) is 14.9. The maximum absolute atomic E-state index is 13.1. The van der Waals surface area contributed by atoms with Gasteiger partial charge >= 0.3 is 5.97 Å². The first-order chi connectivity index (χ1) is 9.45. The van der Waals surface area contributed by atoms with Crippen LogP contribution in [-0.4, -0.2) is 28.0 Å². The molecule has 0 saturated carbocycles. The lowest BCUT2D eigenvalue weighted by Gasteiger charge is -2.07. The molecule has 1 aromatic carbocycles. The molecule has 5 nitrogen and oxygen atoms in total. The maximum Gasteiger partial charge on any atom is 0.340 e. The molecule has 2 aromatic rings. The summed E-state index contributed by atoms with van der Waals surface area (Å²) < 4.78 is 19.3. The third-order valence-corrected chi connectivity index (χ3v) is 3.13. The molecule has 0 atom stereocenters. The van der Waals surface area contributed by atoms with E-state index in [4.69, 9.17) is 16.3 Å². The van der Waals surface area contributed by atoms with E-state index in [0.29, 0.717) is 11.3 Å². The van der Waals surface area contributed by atoms with Crippen molar-refractivity contribution in [1.29, 1.82) is 0 Å². The van der Waals surface area contributed by atoms with E-state index in [1.165, 1.54) is 30.0 Å². The van der Waals surface area contributed by atoms with E-state index in [9.17, 15) is 14.3 Å². The summed E-state index contributed by atoms with van der Waals surface area (Å²) in [5.41, 5.74) is 1.21. The highest BCUT2D eigenvalue weighted by atomic mass is 35.5. The molecule has 20 heavy (non-hydrogen) atoms. The van der Waals surface area contributed by atoms with Crippen LogP contribution >= 0.6 is 11.6 Å². The number of hydrogen-bond acceptors (Lipinski definition) is 3. The van der Waals surface area contributed by atoms with Crippen LogP contribution in [0.25, 0.3) is 5.69 Å². The molecule has 106 valence electrons. The largest absolute Gasteiger partial charge is 0.478 e. The highest BCUT2D eigenvalue weighted by Gasteiger charge is 2.23. The van der Waals surface area contributed by atoms with Crippen molar-refractivity contribution < 1.29 is 19.0 Å². The minimum Gasteiger partial charge on any atom is -0.478 e. The van der Waals surface area contributed by atoms with Crippen LogP contribution in [0.5, 0.6) is 0 Å². The van der Waals surface area contributed by atoms with E-state index >= 15 is 0 Å². The van der Waals surface area contributed by atoms with Gasteiger partial charge in [-0.1, -0.05) is 11.6 Å². The minimum absolute atomic E-state index is 0.0224. The van der Waals surface area contributed by atoms with Crippen LogP contribution in [0.15, 0.2) is 18.2 Å². The lowest BCUT2D eigenvalue weighted by molar-refractivity contribution is 0.0692. The van der Waals surface area contributed by atoms with Crippen molar-refractivity contribution in [1.82, 2.24) is 9.78 Å². The smallest absolute Gasteiger partial charge is 0.340 e. The number of ether oxygens (including phenoxy) is 1. The second-order valence-corrected chi connectivity index (χ2v) is 4.55. The third-order valence-electron chi connectivity index (χ3n) is 2.78. The maximum atomic E-state index is 13.1.